The van der Waals surface area contributed by atoms with Gasteiger partial charge in [-0.25, -0.2) is 0 Å². The molecule has 17 heavy (non-hydrogen) atoms. The fourth-order valence-corrected chi connectivity index (χ4v) is 1.53. The number of carbonyl (C=O) groups is 1. The van der Waals surface area contributed by atoms with E-state index in [1.54, 1.807) is 35.1 Å². The number of benzene rings is 1. The van der Waals surface area contributed by atoms with Gasteiger partial charge in [0, 0.05) is 24.5 Å². The lowest BCUT2D eigenvalue weighted by Crippen LogP contribution is -2.24. The molecule has 5 nitrogen and oxygen atoms in total. The van der Waals surface area contributed by atoms with Crippen molar-refractivity contribution in [2.45, 2.75) is 6.54 Å². The highest BCUT2D eigenvalue weighted by Gasteiger charge is 2.06. The summed E-state index contributed by atoms with van der Waals surface area (Å²) in [4.78, 5) is 11.8. The molecule has 0 aliphatic carbocycles. The maximum Gasteiger partial charge on any atom is 0.251 e. The zero-order chi connectivity index (χ0) is 12.3. The van der Waals surface area contributed by atoms with Gasteiger partial charge in [-0.2, -0.15) is 5.10 Å². The zero-order valence-corrected chi connectivity index (χ0v) is 9.55. The molecule has 3 N–H and O–H groups in total. The molecule has 0 fully saturated rings. The number of aromatic nitrogens is 2. The number of carbonyl (C=O) groups excluding carboxylic acids is 1. The number of hydrogen-bond acceptors (Lipinski definition) is 3. The summed E-state index contributed by atoms with van der Waals surface area (Å²) in [7, 11) is 1.84. The van der Waals surface area contributed by atoms with Gasteiger partial charge in [0.25, 0.3) is 5.91 Å². The molecule has 0 aliphatic heterocycles. The SMILES string of the molecule is Cn1nccc1CNC(=O)c1cccc(N)c1. The molecule has 0 aliphatic rings. The zero-order valence-electron chi connectivity index (χ0n) is 9.55. The molecule has 2 rings (SSSR count). The lowest BCUT2D eigenvalue weighted by atomic mass is 10.2. The molecule has 1 aromatic carbocycles. The standard InChI is InChI=1S/C12H14N4O/c1-16-11(5-6-15-16)8-14-12(17)9-3-2-4-10(13)7-9/h2-7H,8,13H2,1H3,(H,14,17). The van der Waals surface area contributed by atoms with Crippen LogP contribution in [0.15, 0.2) is 36.5 Å². The first kappa shape index (κ1) is 11.2. The average Bonchev–Trinajstić information content (AvgIpc) is 2.72. The lowest BCUT2D eigenvalue weighted by molar-refractivity contribution is 0.0950. The minimum absolute atomic E-state index is 0.140. The van der Waals surface area contributed by atoms with E-state index in [1.165, 1.54) is 0 Å². The maximum atomic E-state index is 11.8. The highest BCUT2D eigenvalue weighted by atomic mass is 16.1. The van der Waals surface area contributed by atoms with E-state index in [9.17, 15) is 4.79 Å². The van der Waals surface area contributed by atoms with Gasteiger partial charge in [-0.05, 0) is 24.3 Å². The van der Waals surface area contributed by atoms with Gasteiger partial charge in [-0.15, -0.1) is 0 Å². The summed E-state index contributed by atoms with van der Waals surface area (Å²) in [5, 5.41) is 6.84. The van der Waals surface area contributed by atoms with Gasteiger partial charge in [0.15, 0.2) is 0 Å². The number of aryl methyl sites for hydroxylation is 1. The van der Waals surface area contributed by atoms with E-state index in [0.717, 1.165) is 5.69 Å². The van der Waals surface area contributed by atoms with Gasteiger partial charge >= 0.3 is 0 Å². The van der Waals surface area contributed by atoms with E-state index in [4.69, 9.17) is 5.73 Å². The summed E-state index contributed by atoms with van der Waals surface area (Å²) in [5.74, 6) is -0.140. The van der Waals surface area contributed by atoms with Crippen LogP contribution in [0.25, 0.3) is 0 Å². The van der Waals surface area contributed by atoms with Crippen LogP contribution in [0.4, 0.5) is 5.69 Å². The average molecular weight is 230 g/mol. The predicted octanol–water partition coefficient (Wildman–Crippen LogP) is 0.932. The minimum atomic E-state index is -0.140. The molecule has 1 amide bonds. The quantitative estimate of drug-likeness (QED) is 0.770. The van der Waals surface area contributed by atoms with Crippen LogP contribution in [0, 0.1) is 0 Å². The van der Waals surface area contributed by atoms with Gasteiger partial charge in [0.05, 0.1) is 12.2 Å². The van der Waals surface area contributed by atoms with Crippen LogP contribution in [0.3, 0.4) is 0 Å². The van der Waals surface area contributed by atoms with Crippen LogP contribution in [-0.4, -0.2) is 15.7 Å². The Hall–Kier alpha value is -2.30. The summed E-state index contributed by atoms with van der Waals surface area (Å²) in [6, 6.07) is 8.75. The molecule has 0 bridgehead atoms. The third kappa shape index (κ3) is 2.63. The topological polar surface area (TPSA) is 72.9 Å². The third-order valence-corrected chi connectivity index (χ3v) is 2.50. The van der Waals surface area contributed by atoms with Crippen LogP contribution in [-0.2, 0) is 13.6 Å². The van der Waals surface area contributed by atoms with Crippen molar-refractivity contribution in [1.82, 2.24) is 15.1 Å². The van der Waals surface area contributed by atoms with Crippen LogP contribution < -0.4 is 11.1 Å². The Balaban J connectivity index is 2.01. The Bertz CT molecular complexity index is 533. The number of amides is 1. The predicted molar refractivity (Wildman–Crippen MR) is 65.2 cm³/mol. The molecule has 0 saturated heterocycles. The van der Waals surface area contributed by atoms with Crippen molar-refractivity contribution >= 4 is 11.6 Å². The fraction of sp³-hybridized carbons (Fsp3) is 0.167. The molecule has 1 heterocycles. The van der Waals surface area contributed by atoms with Gasteiger partial charge in [-0.3, -0.25) is 9.48 Å². The van der Waals surface area contributed by atoms with Crippen molar-refractivity contribution in [3.63, 3.8) is 0 Å². The van der Waals surface area contributed by atoms with Crippen molar-refractivity contribution in [2.24, 2.45) is 7.05 Å². The third-order valence-electron chi connectivity index (χ3n) is 2.50. The normalized spacial score (nSPS) is 10.2. The van der Waals surface area contributed by atoms with Gasteiger partial charge in [0.2, 0.25) is 0 Å². The van der Waals surface area contributed by atoms with Crippen molar-refractivity contribution in [3.8, 4) is 0 Å². The van der Waals surface area contributed by atoms with Crippen molar-refractivity contribution in [2.75, 3.05) is 5.73 Å². The van der Waals surface area contributed by atoms with Gasteiger partial charge in [-0.1, -0.05) is 6.07 Å². The number of hydrogen-bond donors (Lipinski definition) is 2. The monoisotopic (exact) mass is 230 g/mol. The first-order chi connectivity index (χ1) is 8.16. The lowest BCUT2D eigenvalue weighted by Gasteiger charge is -2.06. The number of nitrogens with one attached hydrogen (secondary N) is 1. The van der Waals surface area contributed by atoms with Crippen LogP contribution in [0.2, 0.25) is 0 Å². The summed E-state index contributed by atoms with van der Waals surface area (Å²) < 4.78 is 1.72. The number of anilines is 1. The Morgan fingerprint density at radius 3 is 2.94 bits per heavy atom. The van der Waals surface area contributed by atoms with Crippen molar-refractivity contribution in [1.29, 1.82) is 0 Å². The summed E-state index contributed by atoms with van der Waals surface area (Å²) >= 11 is 0. The Morgan fingerprint density at radius 2 is 2.29 bits per heavy atom. The highest BCUT2D eigenvalue weighted by Crippen LogP contribution is 2.06. The smallest absolute Gasteiger partial charge is 0.251 e. The number of nitrogens with zero attached hydrogens (tertiary/aromatic N) is 2. The second kappa shape index (κ2) is 4.69. The van der Waals surface area contributed by atoms with Crippen LogP contribution >= 0.6 is 0 Å². The van der Waals surface area contributed by atoms with E-state index >= 15 is 0 Å². The summed E-state index contributed by atoms with van der Waals surface area (Å²) in [5.41, 5.74) is 7.71. The molecule has 1 aromatic heterocycles. The second-order valence-corrected chi connectivity index (χ2v) is 3.75. The molecule has 88 valence electrons. The number of rotatable bonds is 3. The molecule has 2 aromatic rings. The highest BCUT2D eigenvalue weighted by molar-refractivity contribution is 5.94. The number of nitrogen functional groups attached to an aromatic ring is 1. The van der Waals surface area contributed by atoms with Crippen molar-refractivity contribution < 1.29 is 4.79 Å². The van der Waals surface area contributed by atoms with Crippen LogP contribution in [0.1, 0.15) is 16.1 Å². The van der Waals surface area contributed by atoms with E-state index in [-0.39, 0.29) is 5.91 Å². The van der Waals surface area contributed by atoms with E-state index in [1.807, 2.05) is 13.1 Å². The molecule has 0 atom stereocenters. The summed E-state index contributed by atoms with van der Waals surface area (Å²) in [6.07, 6.45) is 1.70. The summed E-state index contributed by atoms with van der Waals surface area (Å²) in [6.45, 7) is 0.449. The Labute approximate surface area is 99.2 Å². The van der Waals surface area contributed by atoms with Crippen molar-refractivity contribution in [3.05, 3.63) is 47.8 Å². The largest absolute Gasteiger partial charge is 0.399 e. The maximum absolute atomic E-state index is 11.8. The molecule has 0 saturated carbocycles. The van der Waals surface area contributed by atoms with Gasteiger partial charge in [0.1, 0.15) is 0 Å². The first-order valence-corrected chi connectivity index (χ1v) is 5.27. The fourth-order valence-electron chi connectivity index (χ4n) is 1.53. The van der Waals surface area contributed by atoms with Gasteiger partial charge < -0.3 is 11.1 Å². The Morgan fingerprint density at radius 1 is 1.47 bits per heavy atom. The molecule has 5 heteroatoms. The Kier molecular flexibility index (Phi) is 3.09. The van der Waals surface area contributed by atoms with E-state index < -0.39 is 0 Å². The number of nitrogens with two attached hydrogens (primary N) is 1. The minimum Gasteiger partial charge on any atom is -0.399 e. The molecule has 0 spiro atoms. The van der Waals surface area contributed by atoms with E-state index in [0.29, 0.717) is 17.8 Å². The van der Waals surface area contributed by atoms with E-state index in [2.05, 4.69) is 10.4 Å². The molecular weight excluding hydrogens is 216 g/mol. The molecule has 0 unspecified atom stereocenters. The first-order valence-electron chi connectivity index (χ1n) is 5.27. The van der Waals surface area contributed by atoms with Crippen LogP contribution in [0.5, 0.6) is 0 Å². The molecule has 0 radical (unpaired) electrons. The second-order valence-electron chi connectivity index (χ2n) is 3.75. The molecular formula is C12H14N4O.